The van der Waals surface area contributed by atoms with Crippen LogP contribution in [0.4, 0.5) is 5.95 Å². The Morgan fingerprint density at radius 3 is 2.54 bits per heavy atom. The van der Waals surface area contributed by atoms with Gasteiger partial charge in [-0.25, -0.2) is 4.98 Å². The molecule has 2 aromatic carbocycles. The number of nitrogens with one attached hydrogen (secondary N) is 2. The number of rotatable bonds is 5. The van der Waals surface area contributed by atoms with Crippen LogP contribution < -0.4 is 10.2 Å². The molecule has 1 saturated heterocycles. The van der Waals surface area contributed by atoms with Gasteiger partial charge in [-0.15, -0.1) is 0 Å². The van der Waals surface area contributed by atoms with Crippen LogP contribution in [0, 0.1) is 0 Å². The minimum absolute atomic E-state index is 0.118. The predicted octanol–water partition coefficient (Wildman–Crippen LogP) is 2.36. The molecule has 1 amide bonds. The maximum atomic E-state index is 12.6. The normalized spacial score (nSPS) is 15.2. The first-order valence-corrected chi connectivity index (χ1v) is 9.46. The number of hydrogen-bond acceptors (Lipinski definition) is 2. The number of quaternary nitrogens is 1. The Morgan fingerprint density at radius 2 is 1.73 bits per heavy atom. The van der Waals surface area contributed by atoms with Crippen LogP contribution in [0.1, 0.15) is 29.6 Å². The average Bonchev–Trinajstić information content (AvgIpc) is 3.05. The summed E-state index contributed by atoms with van der Waals surface area (Å²) in [7, 11) is 0. The third-order valence-electron chi connectivity index (χ3n) is 5.17. The fraction of sp³-hybridized carbons (Fsp3) is 0.333. The molecule has 0 aliphatic carbocycles. The second-order valence-corrected chi connectivity index (χ2v) is 6.96. The zero-order valence-electron chi connectivity index (χ0n) is 14.9. The summed E-state index contributed by atoms with van der Waals surface area (Å²) in [4.78, 5) is 18.9. The second-order valence-electron chi connectivity index (χ2n) is 6.96. The van der Waals surface area contributed by atoms with Crippen molar-refractivity contribution in [2.75, 3.05) is 25.0 Å². The molecule has 5 nitrogen and oxygen atoms in total. The third kappa shape index (κ3) is 3.63. The Balaban J connectivity index is 1.57. The van der Waals surface area contributed by atoms with Gasteiger partial charge in [-0.1, -0.05) is 30.3 Å². The van der Waals surface area contributed by atoms with Crippen molar-refractivity contribution >= 4 is 22.9 Å². The van der Waals surface area contributed by atoms with Crippen LogP contribution in [0.5, 0.6) is 0 Å². The van der Waals surface area contributed by atoms with E-state index in [9.17, 15) is 4.79 Å². The van der Waals surface area contributed by atoms with Gasteiger partial charge in [0.05, 0.1) is 37.2 Å². The fourth-order valence-corrected chi connectivity index (χ4v) is 3.73. The number of piperidine rings is 1. The number of hydrogen-bond donors (Lipinski definition) is 2. The van der Waals surface area contributed by atoms with Crippen LogP contribution in [0.25, 0.3) is 11.0 Å². The molecule has 4 rings (SSSR count). The van der Waals surface area contributed by atoms with Crippen LogP contribution in [0.3, 0.4) is 0 Å². The molecule has 0 saturated carbocycles. The summed E-state index contributed by atoms with van der Waals surface area (Å²) < 4.78 is 2.15. The summed E-state index contributed by atoms with van der Waals surface area (Å²) in [6.07, 6.45) is 3.99. The lowest BCUT2D eigenvalue weighted by atomic mass is 10.1. The highest BCUT2D eigenvalue weighted by atomic mass is 16.1. The number of aromatic nitrogens is 2. The summed E-state index contributed by atoms with van der Waals surface area (Å²) in [5.74, 6) is 0.518. The minimum atomic E-state index is -0.118. The highest BCUT2D eigenvalue weighted by Gasteiger charge is 2.17. The molecule has 134 valence electrons. The molecule has 0 radical (unpaired) electrons. The monoisotopic (exact) mass is 349 g/mol. The molecule has 0 atom stereocenters. The van der Waals surface area contributed by atoms with Gasteiger partial charge in [0, 0.05) is 5.56 Å². The van der Waals surface area contributed by atoms with Crippen molar-refractivity contribution in [2.45, 2.75) is 25.8 Å². The third-order valence-corrected chi connectivity index (χ3v) is 5.17. The number of imidazole rings is 1. The molecular weight excluding hydrogens is 324 g/mol. The van der Waals surface area contributed by atoms with Crippen LogP contribution in [-0.4, -0.2) is 35.1 Å². The topological polar surface area (TPSA) is 51.4 Å². The van der Waals surface area contributed by atoms with E-state index in [1.165, 1.54) is 32.4 Å². The summed E-state index contributed by atoms with van der Waals surface area (Å²) >= 11 is 0. The number of para-hydroxylation sites is 2. The molecule has 1 fully saturated rings. The van der Waals surface area contributed by atoms with Crippen molar-refractivity contribution in [1.82, 2.24) is 9.55 Å². The second kappa shape index (κ2) is 7.70. The quantitative estimate of drug-likeness (QED) is 0.743. The maximum Gasteiger partial charge on any atom is 0.257 e. The number of benzene rings is 2. The zero-order chi connectivity index (χ0) is 17.8. The maximum absolute atomic E-state index is 12.6. The van der Waals surface area contributed by atoms with Crippen molar-refractivity contribution in [1.29, 1.82) is 0 Å². The van der Waals surface area contributed by atoms with Gasteiger partial charge < -0.3 is 9.47 Å². The van der Waals surface area contributed by atoms with Gasteiger partial charge in [0.15, 0.2) is 0 Å². The van der Waals surface area contributed by atoms with Gasteiger partial charge in [-0.2, -0.15) is 0 Å². The highest BCUT2D eigenvalue weighted by molar-refractivity contribution is 6.04. The number of amides is 1. The van der Waals surface area contributed by atoms with Gasteiger partial charge >= 0.3 is 0 Å². The van der Waals surface area contributed by atoms with Crippen LogP contribution >= 0.6 is 0 Å². The zero-order valence-corrected chi connectivity index (χ0v) is 14.9. The van der Waals surface area contributed by atoms with Gasteiger partial charge in [0.1, 0.15) is 0 Å². The van der Waals surface area contributed by atoms with E-state index >= 15 is 0 Å². The van der Waals surface area contributed by atoms with Crippen LogP contribution in [0.15, 0.2) is 54.6 Å². The van der Waals surface area contributed by atoms with Gasteiger partial charge in [-0.3, -0.25) is 10.1 Å². The first kappa shape index (κ1) is 16.8. The molecular formula is C21H25N4O+. The standard InChI is InChI=1S/C21H24N4O/c26-20(17-9-3-1-4-10-17)23-21-22-18-11-5-6-12-19(18)25(21)16-15-24-13-7-2-8-14-24/h1,3-6,9-12H,2,7-8,13-16H2,(H,22,23,26)/p+1. The largest absolute Gasteiger partial charge is 0.333 e. The predicted molar refractivity (Wildman–Crippen MR) is 104 cm³/mol. The molecule has 26 heavy (non-hydrogen) atoms. The summed E-state index contributed by atoms with van der Waals surface area (Å²) in [6.45, 7) is 4.42. The van der Waals surface area contributed by atoms with Gasteiger partial charge in [-0.05, 0) is 43.5 Å². The number of carbonyl (C=O) groups is 1. The van der Waals surface area contributed by atoms with E-state index in [0.717, 1.165) is 24.1 Å². The molecule has 1 aliphatic rings. The molecule has 0 bridgehead atoms. The van der Waals surface area contributed by atoms with E-state index in [-0.39, 0.29) is 5.91 Å². The minimum Gasteiger partial charge on any atom is -0.333 e. The fourth-order valence-electron chi connectivity index (χ4n) is 3.73. The Morgan fingerprint density at radius 1 is 1.00 bits per heavy atom. The SMILES string of the molecule is O=C(Nc1nc2ccccc2n1CC[NH+]1CCCCC1)c1ccccc1. The number of nitrogens with zero attached hydrogens (tertiary/aromatic N) is 2. The lowest BCUT2D eigenvalue weighted by molar-refractivity contribution is -0.905. The molecule has 1 aliphatic heterocycles. The first-order valence-electron chi connectivity index (χ1n) is 9.46. The molecule has 1 aromatic heterocycles. The molecule has 3 aromatic rings. The van der Waals surface area contributed by atoms with Crippen molar-refractivity contribution < 1.29 is 9.69 Å². The van der Waals surface area contributed by atoms with Crippen molar-refractivity contribution in [2.24, 2.45) is 0 Å². The molecule has 2 heterocycles. The van der Waals surface area contributed by atoms with E-state index in [0.29, 0.717) is 11.5 Å². The lowest BCUT2D eigenvalue weighted by Gasteiger charge is -2.24. The molecule has 0 unspecified atom stereocenters. The number of carbonyl (C=O) groups excluding carboxylic acids is 1. The molecule has 5 heteroatoms. The van der Waals surface area contributed by atoms with Crippen LogP contribution in [-0.2, 0) is 6.54 Å². The smallest absolute Gasteiger partial charge is 0.257 e. The Bertz CT molecular complexity index is 881. The summed E-state index contributed by atoms with van der Waals surface area (Å²) in [5, 5.41) is 3.01. The summed E-state index contributed by atoms with van der Waals surface area (Å²) in [6, 6.07) is 17.4. The van der Waals surface area contributed by atoms with E-state index in [2.05, 4.69) is 20.9 Å². The number of fused-ring (bicyclic) bond motifs is 1. The van der Waals surface area contributed by atoms with E-state index in [1.807, 2.05) is 48.5 Å². The molecule has 2 N–H and O–H groups in total. The summed E-state index contributed by atoms with van der Waals surface area (Å²) in [5.41, 5.74) is 2.64. The molecule has 0 spiro atoms. The van der Waals surface area contributed by atoms with Crippen LogP contribution in [0.2, 0.25) is 0 Å². The van der Waals surface area contributed by atoms with Crippen molar-refractivity contribution in [3.63, 3.8) is 0 Å². The van der Waals surface area contributed by atoms with E-state index in [4.69, 9.17) is 0 Å². The Hall–Kier alpha value is -2.66. The van der Waals surface area contributed by atoms with Crippen molar-refractivity contribution in [3.05, 3.63) is 60.2 Å². The van der Waals surface area contributed by atoms with Crippen molar-refractivity contribution in [3.8, 4) is 0 Å². The first-order chi connectivity index (χ1) is 12.8. The average molecular weight is 349 g/mol. The van der Waals surface area contributed by atoms with Gasteiger partial charge in [0.25, 0.3) is 5.91 Å². The number of likely N-dealkylation sites (tertiary alicyclic amines) is 1. The Labute approximate surface area is 153 Å². The van der Waals surface area contributed by atoms with Gasteiger partial charge in [0.2, 0.25) is 5.95 Å². The lowest BCUT2D eigenvalue weighted by Crippen LogP contribution is -3.13. The van der Waals surface area contributed by atoms with E-state index in [1.54, 1.807) is 4.90 Å². The highest BCUT2D eigenvalue weighted by Crippen LogP contribution is 2.19. The Kier molecular flexibility index (Phi) is 4.97. The number of anilines is 1. The van der Waals surface area contributed by atoms with E-state index < -0.39 is 0 Å².